The summed E-state index contributed by atoms with van der Waals surface area (Å²) >= 11 is 2.83. The molecule has 4 nitrogen and oxygen atoms in total. The summed E-state index contributed by atoms with van der Waals surface area (Å²) in [5.41, 5.74) is 4.40. The second-order valence-electron chi connectivity index (χ2n) is 2.66. The van der Waals surface area contributed by atoms with Crippen molar-refractivity contribution in [3.05, 3.63) is 27.5 Å². The van der Waals surface area contributed by atoms with Crippen LogP contribution in [0.3, 0.4) is 0 Å². The molecule has 0 radical (unpaired) electrons. The van der Waals surface area contributed by atoms with Crippen LogP contribution < -0.4 is 5.73 Å². The molecule has 0 aliphatic carbocycles. The molecule has 0 atom stereocenters. The Kier molecular flexibility index (Phi) is 3.70. The molecule has 1 heterocycles. The number of rotatable bonds is 3. The van der Waals surface area contributed by atoms with Crippen molar-refractivity contribution in [1.29, 1.82) is 0 Å². The standard InChI is InChI=1S/C8H7BrF2N2O2/c9-6-5(7(10)11)3(1-12)4(2-13-6)8(14)15/h2,7H,1,12H2,(H,14,15). The fourth-order valence-electron chi connectivity index (χ4n) is 1.16. The van der Waals surface area contributed by atoms with E-state index in [0.717, 1.165) is 6.20 Å². The van der Waals surface area contributed by atoms with Gasteiger partial charge in [0.05, 0.1) is 11.1 Å². The third-order valence-corrected chi connectivity index (χ3v) is 2.46. The van der Waals surface area contributed by atoms with E-state index in [9.17, 15) is 13.6 Å². The Bertz CT molecular complexity index is 398. The maximum Gasteiger partial charge on any atom is 0.337 e. The molecule has 1 aromatic rings. The smallest absolute Gasteiger partial charge is 0.337 e. The fourth-order valence-corrected chi connectivity index (χ4v) is 1.68. The van der Waals surface area contributed by atoms with Gasteiger partial charge in [0, 0.05) is 12.7 Å². The van der Waals surface area contributed by atoms with Crippen LogP contribution in [0.15, 0.2) is 10.8 Å². The number of pyridine rings is 1. The normalized spacial score (nSPS) is 10.7. The van der Waals surface area contributed by atoms with E-state index in [1.807, 2.05) is 0 Å². The first-order valence-electron chi connectivity index (χ1n) is 3.87. The molecule has 1 rings (SSSR count). The minimum Gasteiger partial charge on any atom is -0.478 e. The van der Waals surface area contributed by atoms with Gasteiger partial charge in [0.2, 0.25) is 0 Å². The van der Waals surface area contributed by atoms with Crippen molar-refractivity contribution < 1.29 is 18.7 Å². The van der Waals surface area contributed by atoms with Crippen LogP contribution in [0.5, 0.6) is 0 Å². The first-order valence-corrected chi connectivity index (χ1v) is 4.67. The molecule has 0 bridgehead atoms. The van der Waals surface area contributed by atoms with Crippen LogP contribution in [0.1, 0.15) is 27.9 Å². The van der Waals surface area contributed by atoms with Crippen molar-refractivity contribution in [3.63, 3.8) is 0 Å². The highest BCUT2D eigenvalue weighted by Gasteiger charge is 2.22. The number of carbonyl (C=O) groups is 1. The van der Waals surface area contributed by atoms with E-state index in [2.05, 4.69) is 20.9 Å². The molecular weight excluding hydrogens is 274 g/mol. The average Bonchev–Trinajstić information content (AvgIpc) is 2.15. The lowest BCUT2D eigenvalue weighted by atomic mass is 10.1. The molecule has 0 saturated carbocycles. The Morgan fingerprint density at radius 1 is 1.67 bits per heavy atom. The number of carboxylic acid groups (broad SMARTS) is 1. The first kappa shape index (κ1) is 12.0. The van der Waals surface area contributed by atoms with Gasteiger partial charge in [-0.1, -0.05) is 0 Å². The number of aromatic carboxylic acids is 1. The van der Waals surface area contributed by atoms with Crippen LogP contribution >= 0.6 is 15.9 Å². The lowest BCUT2D eigenvalue weighted by molar-refractivity contribution is 0.0694. The van der Waals surface area contributed by atoms with E-state index in [0.29, 0.717) is 0 Å². The van der Waals surface area contributed by atoms with Gasteiger partial charge in [-0.2, -0.15) is 0 Å². The van der Waals surface area contributed by atoms with Gasteiger partial charge in [0.15, 0.2) is 0 Å². The van der Waals surface area contributed by atoms with Gasteiger partial charge in [-0.05, 0) is 21.5 Å². The summed E-state index contributed by atoms with van der Waals surface area (Å²) in [7, 11) is 0. The lowest BCUT2D eigenvalue weighted by Gasteiger charge is -2.11. The Balaban J connectivity index is 3.47. The predicted octanol–water partition coefficient (Wildman–Crippen LogP) is 1.94. The summed E-state index contributed by atoms with van der Waals surface area (Å²) < 4.78 is 25.1. The molecule has 0 fully saturated rings. The van der Waals surface area contributed by atoms with E-state index in [1.165, 1.54) is 0 Å². The number of alkyl halides is 2. The Labute approximate surface area is 92.2 Å². The van der Waals surface area contributed by atoms with Crippen LogP contribution in [0.4, 0.5) is 8.78 Å². The molecule has 15 heavy (non-hydrogen) atoms. The van der Waals surface area contributed by atoms with Crippen LogP contribution in [0.25, 0.3) is 0 Å². The Morgan fingerprint density at radius 3 is 2.67 bits per heavy atom. The van der Waals surface area contributed by atoms with E-state index in [-0.39, 0.29) is 22.3 Å². The molecule has 0 aliphatic rings. The second-order valence-corrected chi connectivity index (χ2v) is 3.42. The van der Waals surface area contributed by atoms with E-state index >= 15 is 0 Å². The van der Waals surface area contributed by atoms with Gasteiger partial charge in [-0.25, -0.2) is 18.6 Å². The van der Waals surface area contributed by atoms with Crippen molar-refractivity contribution in [2.45, 2.75) is 13.0 Å². The number of aromatic nitrogens is 1. The quantitative estimate of drug-likeness (QED) is 0.830. The van der Waals surface area contributed by atoms with Crippen molar-refractivity contribution in [3.8, 4) is 0 Å². The molecule has 0 amide bonds. The van der Waals surface area contributed by atoms with E-state index < -0.39 is 18.0 Å². The van der Waals surface area contributed by atoms with Gasteiger partial charge in [0.25, 0.3) is 6.43 Å². The largest absolute Gasteiger partial charge is 0.478 e. The molecule has 3 N–H and O–H groups in total. The maximum atomic E-state index is 12.6. The molecule has 0 aromatic carbocycles. The summed E-state index contributed by atoms with van der Waals surface area (Å²) in [6.07, 6.45) is -1.81. The predicted molar refractivity (Wildman–Crippen MR) is 51.7 cm³/mol. The van der Waals surface area contributed by atoms with Crippen molar-refractivity contribution >= 4 is 21.9 Å². The highest BCUT2D eigenvalue weighted by atomic mass is 79.9. The third-order valence-electron chi connectivity index (χ3n) is 1.83. The molecule has 82 valence electrons. The summed E-state index contributed by atoms with van der Waals surface area (Å²) in [5.74, 6) is -1.32. The summed E-state index contributed by atoms with van der Waals surface area (Å²) in [5, 5.41) is 8.74. The molecule has 0 saturated heterocycles. The van der Waals surface area contributed by atoms with Crippen molar-refractivity contribution in [1.82, 2.24) is 4.98 Å². The topological polar surface area (TPSA) is 76.2 Å². The minimum absolute atomic E-state index is 0.0806. The first-order chi connectivity index (χ1) is 6.99. The molecule has 0 aliphatic heterocycles. The average molecular weight is 281 g/mol. The number of hydrogen-bond acceptors (Lipinski definition) is 3. The van der Waals surface area contributed by atoms with Gasteiger partial charge in [-0.3, -0.25) is 0 Å². The van der Waals surface area contributed by atoms with E-state index in [4.69, 9.17) is 10.8 Å². The summed E-state index contributed by atoms with van der Waals surface area (Å²) in [4.78, 5) is 14.2. The summed E-state index contributed by atoms with van der Waals surface area (Å²) in [6, 6.07) is 0. The second kappa shape index (κ2) is 4.63. The molecule has 7 heteroatoms. The zero-order valence-electron chi connectivity index (χ0n) is 7.38. The maximum absolute atomic E-state index is 12.6. The number of halogens is 3. The van der Waals surface area contributed by atoms with Gasteiger partial charge < -0.3 is 10.8 Å². The van der Waals surface area contributed by atoms with E-state index in [1.54, 1.807) is 0 Å². The van der Waals surface area contributed by atoms with Crippen LogP contribution in [0.2, 0.25) is 0 Å². The third kappa shape index (κ3) is 2.29. The minimum atomic E-state index is -2.82. The van der Waals surface area contributed by atoms with Crippen LogP contribution in [-0.2, 0) is 6.54 Å². The SMILES string of the molecule is NCc1c(C(=O)O)cnc(Br)c1C(F)F. The zero-order chi connectivity index (χ0) is 11.6. The number of nitrogens with two attached hydrogens (primary N) is 1. The van der Waals surface area contributed by atoms with Crippen LogP contribution in [0, 0.1) is 0 Å². The van der Waals surface area contributed by atoms with Gasteiger partial charge in [0.1, 0.15) is 4.60 Å². The molecule has 0 spiro atoms. The number of carboxylic acids is 1. The van der Waals surface area contributed by atoms with Crippen LogP contribution in [-0.4, -0.2) is 16.1 Å². The Morgan fingerprint density at radius 2 is 2.27 bits per heavy atom. The van der Waals surface area contributed by atoms with Gasteiger partial charge >= 0.3 is 5.97 Å². The monoisotopic (exact) mass is 280 g/mol. The highest BCUT2D eigenvalue weighted by molar-refractivity contribution is 9.10. The fraction of sp³-hybridized carbons (Fsp3) is 0.250. The van der Waals surface area contributed by atoms with Crippen molar-refractivity contribution in [2.24, 2.45) is 5.73 Å². The Hall–Kier alpha value is -1.08. The molecular formula is C8H7BrF2N2O2. The number of nitrogens with zero attached hydrogens (tertiary/aromatic N) is 1. The summed E-state index contributed by atoms with van der Waals surface area (Å²) in [6.45, 7) is -0.275. The molecule has 0 unspecified atom stereocenters. The molecule has 1 aromatic heterocycles. The lowest BCUT2D eigenvalue weighted by Crippen LogP contribution is -2.12. The van der Waals surface area contributed by atoms with Crippen molar-refractivity contribution in [2.75, 3.05) is 0 Å². The van der Waals surface area contributed by atoms with Gasteiger partial charge in [-0.15, -0.1) is 0 Å². The highest BCUT2D eigenvalue weighted by Crippen LogP contribution is 2.30. The number of hydrogen-bond donors (Lipinski definition) is 2. The zero-order valence-corrected chi connectivity index (χ0v) is 8.96.